The van der Waals surface area contributed by atoms with Crippen LogP contribution in [0.4, 0.5) is 0 Å². The molecule has 0 bridgehead atoms. The first-order valence-corrected chi connectivity index (χ1v) is 14.1. The molecule has 7 nitrogen and oxygen atoms in total. The van der Waals surface area contributed by atoms with Gasteiger partial charge < -0.3 is 15.0 Å². The number of ether oxygens (including phenoxy) is 1. The first-order chi connectivity index (χ1) is 19.0. The predicted molar refractivity (Wildman–Crippen MR) is 156 cm³/mol. The number of unbranched alkanes of at least 4 members (excludes halogenated alkanes) is 1. The van der Waals surface area contributed by atoms with Crippen molar-refractivity contribution in [3.8, 4) is 11.3 Å². The first-order valence-electron chi connectivity index (χ1n) is 14.1. The molecule has 1 unspecified atom stereocenters. The summed E-state index contributed by atoms with van der Waals surface area (Å²) in [7, 11) is 2.16. The maximum Gasteiger partial charge on any atom is 0.252 e. The topological polar surface area (TPSA) is 72.3 Å². The monoisotopic (exact) mass is 525 g/mol. The van der Waals surface area contributed by atoms with Crippen LogP contribution in [-0.2, 0) is 11.3 Å². The fourth-order valence-electron chi connectivity index (χ4n) is 5.24. The number of carbonyl (C=O) groups is 1. The number of aromatic nitrogens is 3. The second-order valence-electron chi connectivity index (χ2n) is 10.6. The van der Waals surface area contributed by atoms with E-state index in [0.29, 0.717) is 11.2 Å². The van der Waals surface area contributed by atoms with Gasteiger partial charge in [-0.2, -0.15) is 5.10 Å². The Bertz CT molecular complexity index is 1390. The summed E-state index contributed by atoms with van der Waals surface area (Å²) in [6, 6.07) is 20.5. The molecule has 204 valence electrons. The number of nitrogens with one attached hydrogen (secondary N) is 1. The van der Waals surface area contributed by atoms with Gasteiger partial charge in [-0.25, -0.2) is 4.98 Å². The number of carbonyl (C=O) groups excluding carboxylic acids is 1. The Hall–Kier alpha value is -3.55. The molecule has 1 amide bonds. The third kappa shape index (κ3) is 6.54. The third-order valence-electron chi connectivity index (χ3n) is 7.54. The lowest BCUT2D eigenvalue weighted by Gasteiger charge is -2.22. The summed E-state index contributed by atoms with van der Waals surface area (Å²) in [4.78, 5) is 21.0. The molecule has 1 aliphatic rings. The number of hydrogen-bond acceptors (Lipinski definition) is 5. The summed E-state index contributed by atoms with van der Waals surface area (Å²) in [6.45, 7) is 7.61. The second kappa shape index (κ2) is 12.5. The van der Waals surface area contributed by atoms with E-state index in [4.69, 9.17) is 14.8 Å². The van der Waals surface area contributed by atoms with Gasteiger partial charge in [0.1, 0.15) is 0 Å². The summed E-state index contributed by atoms with van der Waals surface area (Å²) in [6.07, 6.45) is 6.16. The summed E-state index contributed by atoms with van der Waals surface area (Å²) in [5, 5.41) is 8.84. The Kier molecular flexibility index (Phi) is 8.69. The zero-order valence-electron chi connectivity index (χ0n) is 23.3. The van der Waals surface area contributed by atoms with Crippen LogP contribution in [0.2, 0.25) is 0 Å². The molecule has 0 aliphatic carbocycles. The van der Waals surface area contributed by atoms with Gasteiger partial charge in [0.2, 0.25) is 0 Å². The van der Waals surface area contributed by atoms with E-state index < -0.39 is 0 Å². The van der Waals surface area contributed by atoms with Crippen molar-refractivity contribution in [2.75, 3.05) is 26.8 Å². The first kappa shape index (κ1) is 27.0. The molecule has 1 N–H and O–H groups in total. The smallest absolute Gasteiger partial charge is 0.252 e. The molecule has 1 fully saturated rings. The minimum Gasteiger partial charge on any atom is -0.381 e. The van der Waals surface area contributed by atoms with E-state index in [1.54, 1.807) is 0 Å². The quantitative estimate of drug-likeness (QED) is 0.268. The molecule has 3 heterocycles. The predicted octanol–water partition coefficient (Wildman–Crippen LogP) is 6.17. The van der Waals surface area contributed by atoms with Crippen LogP contribution in [0.1, 0.15) is 73.1 Å². The fraction of sp³-hybridized carbons (Fsp3) is 0.406. The molecule has 39 heavy (non-hydrogen) atoms. The van der Waals surface area contributed by atoms with Crippen LogP contribution >= 0.6 is 0 Å². The lowest BCUT2D eigenvalue weighted by Crippen LogP contribution is -2.27. The van der Waals surface area contributed by atoms with Crippen molar-refractivity contribution in [2.24, 2.45) is 0 Å². The minimum absolute atomic E-state index is 0.123. The molecule has 5 rings (SSSR count). The standard InChI is InChI=1S/C32H39N5O2/c1-4-5-16-36(3)21-24-10-9-13-26(19-24)30-20-28(32(38)33-23(2)25-11-7-6-8-12-25)29-22-37(35-31(29)34-30)27-14-17-39-18-15-27/h6-13,19-20,22-23,27H,4-5,14-18,21H2,1-3H3,(H,33,38). The summed E-state index contributed by atoms with van der Waals surface area (Å²) in [5.41, 5.74) is 5.24. The Balaban J connectivity index is 1.50. The van der Waals surface area contributed by atoms with Gasteiger partial charge >= 0.3 is 0 Å². The van der Waals surface area contributed by atoms with Gasteiger partial charge in [-0.3, -0.25) is 9.48 Å². The number of pyridine rings is 1. The van der Waals surface area contributed by atoms with E-state index in [0.717, 1.165) is 61.4 Å². The molecule has 1 atom stereocenters. The number of amides is 1. The summed E-state index contributed by atoms with van der Waals surface area (Å²) in [5.74, 6) is -0.123. The van der Waals surface area contributed by atoms with Gasteiger partial charge in [0.25, 0.3) is 5.91 Å². The molecule has 7 heteroatoms. The zero-order chi connectivity index (χ0) is 27.2. The summed E-state index contributed by atoms with van der Waals surface area (Å²) >= 11 is 0. The number of hydrogen-bond donors (Lipinski definition) is 1. The number of rotatable bonds is 10. The normalized spacial score (nSPS) is 15.1. The third-order valence-corrected chi connectivity index (χ3v) is 7.54. The Labute approximate surface area is 231 Å². The van der Waals surface area contributed by atoms with E-state index in [9.17, 15) is 4.79 Å². The molecule has 0 spiro atoms. The average molecular weight is 526 g/mol. The molecular formula is C32H39N5O2. The highest BCUT2D eigenvalue weighted by molar-refractivity contribution is 6.06. The highest BCUT2D eigenvalue weighted by Gasteiger charge is 2.22. The van der Waals surface area contributed by atoms with Crippen LogP contribution in [0.15, 0.2) is 66.9 Å². The van der Waals surface area contributed by atoms with Crippen molar-refractivity contribution in [1.29, 1.82) is 0 Å². The minimum atomic E-state index is -0.127. The lowest BCUT2D eigenvalue weighted by molar-refractivity contribution is 0.0664. The summed E-state index contributed by atoms with van der Waals surface area (Å²) < 4.78 is 7.54. The Morgan fingerprint density at radius 2 is 1.92 bits per heavy atom. The van der Waals surface area contributed by atoms with E-state index in [1.807, 2.05) is 54.2 Å². The van der Waals surface area contributed by atoms with Gasteiger partial charge in [-0.05, 0) is 63.0 Å². The number of benzene rings is 2. The van der Waals surface area contributed by atoms with Crippen LogP contribution in [0.5, 0.6) is 0 Å². The van der Waals surface area contributed by atoms with Gasteiger partial charge in [0.05, 0.1) is 28.7 Å². The van der Waals surface area contributed by atoms with Crippen molar-refractivity contribution in [3.63, 3.8) is 0 Å². The Morgan fingerprint density at radius 3 is 2.69 bits per heavy atom. The van der Waals surface area contributed by atoms with Gasteiger partial charge in [0.15, 0.2) is 5.65 Å². The average Bonchev–Trinajstić information content (AvgIpc) is 3.41. The van der Waals surface area contributed by atoms with E-state index in [1.165, 1.54) is 18.4 Å². The number of nitrogens with zero attached hydrogens (tertiary/aromatic N) is 4. The molecule has 1 saturated heterocycles. The maximum atomic E-state index is 13.7. The van der Waals surface area contributed by atoms with E-state index in [2.05, 4.69) is 48.5 Å². The van der Waals surface area contributed by atoms with Crippen LogP contribution < -0.4 is 5.32 Å². The van der Waals surface area contributed by atoms with Crippen molar-refractivity contribution < 1.29 is 9.53 Å². The molecule has 0 radical (unpaired) electrons. The molecule has 4 aromatic rings. The molecule has 1 aliphatic heterocycles. The Morgan fingerprint density at radius 1 is 1.13 bits per heavy atom. The molecule has 2 aromatic carbocycles. The number of fused-ring (bicyclic) bond motifs is 1. The van der Waals surface area contributed by atoms with E-state index in [-0.39, 0.29) is 18.0 Å². The zero-order valence-corrected chi connectivity index (χ0v) is 23.3. The van der Waals surface area contributed by atoms with Crippen LogP contribution in [0.3, 0.4) is 0 Å². The second-order valence-corrected chi connectivity index (χ2v) is 10.6. The molecular weight excluding hydrogens is 486 g/mol. The van der Waals surface area contributed by atoms with Crippen molar-refractivity contribution in [3.05, 3.63) is 83.6 Å². The SMILES string of the molecule is CCCCN(C)Cc1cccc(-c2cc(C(=O)NC(C)c3ccccc3)c3cn(C4CCOCC4)nc3n2)c1. The van der Waals surface area contributed by atoms with Crippen LogP contribution in [-0.4, -0.2) is 52.4 Å². The van der Waals surface area contributed by atoms with Gasteiger partial charge in [-0.1, -0.05) is 61.9 Å². The van der Waals surface area contributed by atoms with Crippen molar-refractivity contribution in [2.45, 2.75) is 58.2 Å². The van der Waals surface area contributed by atoms with Gasteiger partial charge in [0, 0.05) is 31.5 Å². The van der Waals surface area contributed by atoms with Crippen LogP contribution in [0, 0.1) is 0 Å². The van der Waals surface area contributed by atoms with Gasteiger partial charge in [-0.15, -0.1) is 0 Å². The largest absolute Gasteiger partial charge is 0.381 e. The van der Waals surface area contributed by atoms with Crippen molar-refractivity contribution >= 4 is 16.9 Å². The molecule has 0 saturated carbocycles. The molecule has 2 aromatic heterocycles. The van der Waals surface area contributed by atoms with E-state index >= 15 is 0 Å². The highest BCUT2D eigenvalue weighted by Crippen LogP contribution is 2.29. The maximum absolute atomic E-state index is 13.7. The van der Waals surface area contributed by atoms with Crippen molar-refractivity contribution in [1.82, 2.24) is 25.0 Å². The highest BCUT2D eigenvalue weighted by atomic mass is 16.5. The fourth-order valence-corrected chi connectivity index (χ4v) is 5.24. The lowest BCUT2D eigenvalue weighted by atomic mass is 10.0. The van der Waals surface area contributed by atoms with Crippen LogP contribution in [0.25, 0.3) is 22.3 Å².